The minimum absolute atomic E-state index is 0. The van der Waals surface area contributed by atoms with E-state index in [1.165, 1.54) is 30.3 Å². The number of hydrogen-bond acceptors (Lipinski definition) is 3. The molecule has 1 aliphatic heterocycles. The highest BCUT2D eigenvalue weighted by Gasteiger charge is 2.25. The van der Waals surface area contributed by atoms with Gasteiger partial charge in [-0.3, -0.25) is 9.69 Å². The van der Waals surface area contributed by atoms with Crippen molar-refractivity contribution in [1.29, 1.82) is 0 Å². The second-order valence-corrected chi connectivity index (χ2v) is 6.55. The molecule has 1 atom stereocenters. The molecule has 0 aliphatic carbocycles. The summed E-state index contributed by atoms with van der Waals surface area (Å²) in [6.45, 7) is 2.29. The summed E-state index contributed by atoms with van der Waals surface area (Å²) in [6, 6.07) is 9.96. The van der Waals surface area contributed by atoms with Crippen molar-refractivity contribution >= 4 is 18.3 Å². The molecule has 152 valence electrons. The van der Waals surface area contributed by atoms with Crippen molar-refractivity contribution in [2.75, 3.05) is 32.7 Å². The Morgan fingerprint density at radius 1 is 1.14 bits per heavy atom. The Kier molecular flexibility index (Phi) is 8.29. The van der Waals surface area contributed by atoms with Crippen LogP contribution in [0.2, 0.25) is 0 Å². The molecule has 0 saturated carbocycles. The van der Waals surface area contributed by atoms with Gasteiger partial charge in [0.15, 0.2) is 0 Å². The smallest absolute Gasteiger partial charge is 0.234 e. The molecule has 2 aromatic rings. The van der Waals surface area contributed by atoms with Crippen LogP contribution >= 0.6 is 12.4 Å². The van der Waals surface area contributed by atoms with Crippen LogP contribution in [0.3, 0.4) is 0 Å². The normalized spacial score (nSPS) is 17.0. The van der Waals surface area contributed by atoms with Crippen LogP contribution in [0.4, 0.5) is 13.2 Å². The number of benzene rings is 2. The first kappa shape index (κ1) is 22.2. The largest absolute Gasteiger partial charge is 0.355 e. The predicted octanol–water partition coefficient (Wildman–Crippen LogP) is 2.83. The van der Waals surface area contributed by atoms with Gasteiger partial charge in [0.2, 0.25) is 5.91 Å². The number of hydrogen-bond donors (Lipinski definition) is 2. The fourth-order valence-electron chi connectivity index (χ4n) is 3.32. The van der Waals surface area contributed by atoms with Crippen LogP contribution in [-0.4, -0.2) is 43.5 Å². The molecular weight excluding hydrogens is 391 g/mol. The third kappa shape index (κ3) is 5.70. The minimum atomic E-state index is -0.613. The molecule has 1 saturated heterocycles. The number of amides is 1. The van der Waals surface area contributed by atoms with Crippen molar-refractivity contribution in [3.8, 4) is 0 Å². The standard InChI is InChI=1S/C20H22F3N3O.ClH/c21-15-4-1-3-14(11-15)19-12-24-9-10-26(19)13-20(27)25-8-7-16-17(22)5-2-6-18(16)23;/h1-6,11,19,24H,7-10,12-13H2,(H,25,27);1H. The number of piperazine rings is 1. The number of nitrogens with zero attached hydrogens (tertiary/aromatic N) is 1. The van der Waals surface area contributed by atoms with Gasteiger partial charge < -0.3 is 10.6 Å². The third-order valence-corrected chi connectivity index (χ3v) is 4.69. The topological polar surface area (TPSA) is 44.4 Å². The van der Waals surface area contributed by atoms with E-state index in [0.29, 0.717) is 13.1 Å². The fraction of sp³-hybridized carbons (Fsp3) is 0.350. The molecule has 0 spiro atoms. The molecule has 2 N–H and O–H groups in total. The molecular formula is C20H23ClF3N3O. The maximum absolute atomic E-state index is 13.6. The van der Waals surface area contributed by atoms with Crippen LogP contribution in [-0.2, 0) is 11.2 Å². The first-order chi connectivity index (χ1) is 13.0. The molecule has 0 radical (unpaired) electrons. The lowest BCUT2D eigenvalue weighted by Crippen LogP contribution is -2.49. The summed E-state index contributed by atoms with van der Waals surface area (Å²) in [4.78, 5) is 14.3. The van der Waals surface area contributed by atoms with Gasteiger partial charge in [-0.1, -0.05) is 18.2 Å². The van der Waals surface area contributed by atoms with E-state index in [2.05, 4.69) is 10.6 Å². The molecule has 0 aromatic heterocycles. The number of carbonyl (C=O) groups excluding carboxylic acids is 1. The average molecular weight is 414 g/mol. The Morgan fingerprint density at radius 3 is 2.57 bits per heavy atom. The van der Waals surface area contributed by atoms with Crippen molar-refractivity contribution < 1.29 is 18.0 Å². The van der Waals surface area contributed by atoms with E-state index in [0.717, 1.165) is 12.1 Å². The maximum atomic E-state index is 13.6. The molecule has 2 aromatic carbocycles. The van der Waals surface area contributed by atoms with Crippen molar-refractivity contribution in [1.82, 2.24) is 15.5 Å². The number of carbonyl (C=O) groups is 1. The van der Waals surface area contributed by atoms with E-state index in [4.69, 9.17) is 0 Å². The van der Waals surface area contributed by atoms with Crippen molar-refractivity contribution in [2.45, 2.75) is 12.5 Å². The molecule has 3 rings (SSSR count). The van der Waals surface area contributed by atoms with Crippen LogP contribution in [0.1, 0.15) is 17.2 Å². The number of nitrogens with one attached hydrogen (secondary N) is 2. The van der Waals surface area contributed by atoms with Crippen LogP contribution in [0, 0.1) is 17.5 Å². The fourth-order valence-corrected chi connectivity index (χ4v) is 3.32. The monoisotopic (exact) mass is 413 g/mol. The summed E-state index contributed by atoms with van der Waals surface area (Å²) in [5.74, 6) is -1.76. The summed E-state index contributed by atoms with van der Waals surface area (Å²) in [5, 5.41) is 5.96. The highest BCUT2D eigenvalue weighted by atomic mass is 35.5. The van der Waals surface area contributed by atoms with E-state index in [1.54, 1.807) is 6.07 Å². The Balaban J connectivity index is 0.00000280. The maximum Gasteiger partial charge on any atom is 0.234 e. The molecule has 0 bridgehead atoms. The zero-order valence-electron chi connectivity index (χ0n) is 15.3. The van der Waals surface area contributed by atoms with Gasteiger partial charge in [0, 0.05) is 37.8 Å². The summed E-state index contributed by atoms with van der Waals surface area (Å²) >= 11 is 0. The molecule has 1 heterocycles. The van der Waals surface area contributed by atoms with Gasteiger partial charge in [0.05, 0.1) is 6.54 Å². The van der Waals surface area contributed by atoms with Gasteiger partial charge in [-0.25, -0.2) is 13.2 Å². The number of rotatable bonds is 6. The van der Waals surface area contributed by atoms with Crippen molar-refractivity contribution in [3.63, 3.8) is 0 Å². The molecule has 1 fully saturated rings. The summed E-state index contributed by atoms with van der Waals surface area (Å²) in [6.07, 6.45) is 0.0825. The zero-order valence-corrected chi connectivity index (χ0v) is 16.1. The van der Waals surface area contributed by atoms with Gasteiger partial charge in [-0.05, 0) is 36.2 Å². The van der Waals surface area contributed by atoms with Gasteiger partial charge in [-0.2, -0.15) is 0 Å². The quantitative estimate of drug-likeness (QED) is 0.765. The molecule has 1 aliphatic rings. The first-order valence-electron chi connectivity index (χ1n) is 8.94. The van der Waals surface area contributed by atoms with Gasteiger partial charge >= 0.3 is 0 Å². The average Bonchev–Trinajstić information content (AvgIpc) is 2.64. The van der Waals surface area contributed by atoms with Crippen LogP contribution in [0.5, 0.6) is 0 Å². The van der Waals surface area contributed by atoms with Crippen LogP contribution < -0.4 is 10.6 Å². The molecule has 4 nitrogen and oxygen atoms in total. The summed E-state index contributed by atoms with van der Waals surface area (Å²) in [5.41, 5.74) is 0.779. The second-order valence-electron chi connectivity index (χ2n) is 6.55. The number of halogens is 4. The van der Waals surface area contributed by atoms with Crippen molar-refractivity contribution in [3.05, 3.63) is 71.0 Å². The lowest BCUT2D eigenvalue weighted by Gasteiger charge is -2.36. The Morgan fingerprint density at radius 2 is 1.86 bits per heavy atom. The molecule has 8 heteroatoms. The van der Waals surface area contributed by atoms with Gasteiger partial charge in [0.1, 0.15) is 17.5 Å². The SMILES string of the molecule is Cl.O=C(CN1CCNCC1c1cccc(F)c1)NCCc1c(F)cccc1F. The molecule has 1 amide bonds. The van der Waals surface area contributed by atoms with Crippen LogP contribution in [0.25, 0.3) is 0 Å². The van der Waals surface area contributed by atoms with Gasteiger partial charge in [0.25, 0.3) is 0 Å². The Bertz CT molecular complexity index is 786. The zero-order chi connectivity index (χ0) is 19.2. The van der Waals surface area contributed by atoms with E-state index >= 15 is 0 Å². The summed E-state index contributed by atoms with van der Waals surface area (Å²) in [7, 11) is 0. The van der Waals surface area contributed by atoms with E-state index in [1.807, 2.05) is 11.0 Å². The lowest BCUT2D eigenvalue weighted by atomic mass is 10.0. The molecule has 28 heavy (non-hydrogen) atoms. The molecule has 1 unspecified atom stereocenters. The Labute approximate surface area is 168 Å². The minimum Gasteiger partial charge on any atom is -0.355 e. The lowest BCUT2D eigenvalue weighted by molar-refractivity contribution is -0.123. The predicted molar refractivity (Wildman–Crippen MR) is 104 cm³/mol. The van der Waals surface area contributed by atoms with E-state index in [-0.39, 0.29) is 55.2 Å². The third-order valence-electron chi connectivity index (χ3n) is 4.69. The van der Waals surface area contributed by atoms with Crippen molar-refractivity contribution in [2.24, 2.45) is 0 Å². The highest BCUT2D eigenvalue weighted by molar-refractivity contribution is 5.85. The van der Waals surface area contributed by atoms with E-state index < -0.39 is 11.6 Å². The highest BCUT2D eigenvalue weighted by Crippen LogP contribution is 2.22. The van der Waals surface area contributed by atoms with Crippen LogP contribution in [0.15, 0.2) is 42.5 Å². The van der Waals surface area contributed by atoms with E-state index in [9.17, 15) is 18.0 Å². The summed E-state index contributed by atoms with van der Waals surface area (Å²) < 4.78 is 40.8. The Hall–Kier alpha value is -2.09. The van der Waals surface area contributed by atoms with Gasteiger partial charge in [-0.15, -0.1) is 12.4 Å². The first-order valence-corrected chi connectivity index (χ1v) is 8.94. The second kappa shape index (κ2) is 10.5.